The molecule has 3 aromatic heterocycles. The van der Waals surface area contributed by atoms with Crippen molar-refractivity contribution in [3.8, 4) is 22.3 Å². The lowest BCUT2D eigenvalue weighted by molar-refractivity contribution is 0.393. The highest BCUT2D eigenvalue weighted by atomic mass is 16.5. The van der Waals surface area contributed by atoms with Crippen LogP contribution in [-0.4, -0.2) is 19.9 Å². The summed E-state index contributed by atoms with van der Waals surface area (Å²) in [4.78, 5) is 15.1. The average molecular weight is 338 g/mol. The summed E-state index contributed by atoms with van der Waals surface area (Å²) < 4.78 is 12.3. The van der Waals surface area contributed by atoms with E-state index in [0.29, 0.717) is 5.76 Å². The fraction of sp³-hybridized carbons (Fsp3) is 0.278. The first-order valence-corrected chi connectivity index (χ1v) is 7.97. The Morgan fingerprint density at radius 1 is 0.960 bits per heavy atom. The van der Waals surface area contributed by atoms with Gasteiger partial charge in [-0.15, -0.1) is 0 Å². The van der Waals surface area contributed by atoms with E-state index < -0.39 is 0 Å². The number of aromatic amines is 1. The van der Waals surface area contributed by atoms with Gasteiger partial charge in [0, 0.05) is 23.7 Å². The van der Waals surface area contributed by atoms with E-state index in [1.807, 2.05) is 39.8 Å². The van der Waals surface area contributed by atoms with E-state index in [2.05, 4.69) is 15.3 Å². The van der Waals surface area contributed by atoms with Crippen molar-refractivity contribution in [2.45, 2.75) is 27.7 Å². The maximum Gasteiger partial charge on any atom is 0.326 e. The van der Waals surface area contributed by atoms with Gasteiger partial charge in [0.05, 0.1) is 22.4 Å². The molecule has 128 valence electrons. The molecule has 0 unspecified atom stereocenters. The van der Waals surface area contributed by atoms with E-state index in [9.17, 15) is 4.79 Å². The van der Waals surface area contributed by atoms with E-state index in [-0.39, 0.29) is 5.69 Å². The van der Waals surface area contributed by atoms with Crippen LogP contribution >= 0.6 is 0 Å². The quantitative estimate of drug-likeness (QED) is 0.605. The van der Waals surface area contributed by atoms with Gasteiger partial charge in [0.1, 0.15) is 11.5 Å². The van der Waals surface area contributed by atoms with Gasteiger partial charge >= 0.3 is 5.69 Å². The van der Waals surface area contributed by atoms with E-state index in [1.54, 1.807) is 11.6 Å². The third kappa shape index (κ3) is 2.15. The molecule has 0 aliphatic carbocycles. The van der Waals surface area contributed by atoms with Crippen LogP contribution in [0.2, 0.25) is 0 Å². The first-order valence-electron chi connectivity index (χ1n) is 7.97. The van der Waals surface area contributed by atoms with Crippen LogP contribution in [0.15, 0.2) is 26.0 Å². The lowest BCUT2D eigenvalue weighted by atomic mass is 9.95. The Morgan fingerprint density at radius 3 is 2.12 bits per heavy atom. The molecule has 0 bridgehead atoms. The molecular weight excluding hydrogens is 320 g/mol. The minimum atomic E-state index is -0.168. The Hall–Kier alpha value is -3.09. The molecule has 7 nitrogen and oxygen atoms in total. The second-order valence-electron chi connectivity index (χ2n) is 6.31. The van der Waals surface area contributed by atoms with E-state index in [0.717, 1.165) is 50.4 Å². The van der Waals surface area contributed by atoms with Gasteiger partial charge in [-0.2, -0.15) is 0 Å². The summed E-state index contributed by atoms with van der Waals surface area (Å²) >= 11 is 0. The largest absolute Gasteiger partial charge is 0.361 e. The highest BCUT2D eigenvalue weighted by Gasteiger charge is 2.21. The molecule has 0 saturated heterocycles. The van der Waals surface area contributed by atoms with Crippen molar-refractivity contribution in [2.24, 2.45) is 7.05 Å². The minimum absolute atomic E-state index is 0.168. The summed E-state index contributed by atoms with van der Waals surface area (Å²) in [5, 5.41) is 8.10. The Kier molecular flexibility index (Phi) is 3.21. The number of imidazole rings is 1. The Morgan fingerprint density at radius 2 is 1.56 bits per heavy atom. The molecule has 0 atom stereocenters. The topological polar surface area (TPSA) is 89.8 Å². The molecular formula is C18H18N4O3. The van der Waals surface area contributed by atoms with Crippen LogP contribution in [-0.2, 0) is 7.05 Å². The number of H-pyrrole nitrogens is 1. The van der Waals surface area contributed by atoms with E-state index >= 15 is 0 Å². The SMILES string of the molecule is Cc1noc(C)c1-c1cc(-c2c(C)noc2C)c2c(c1)[nH]c(=O)n2C. The zero-order valence-corrected chi connectivity index (χ0v) is 14.7. The molecule has 4 rings (SSSR count). The molecule has 3 heterocycles. The van der Waals surface area contributed by atoms with E-state index in [4.69, 9.17) is 9.05 Å². The number of benzene rings is 1. The summed E-state index contributed by atoms with van der Waals surface area (Å²) in [5.41, 5.74) is 6.63. The molecule has 1 N–H and O–H groups in total. The number of hydrogen-bond acceptors (Lipinski definition) is 5. The Balaban J connectivity index is 2.15. The summed E-state index contributed by atoms with van der Waals surface area (Å²) in [6.45, 7) is 7.54. The van der Waals surface area contributed by atoms with Crippen molar-refractivity contribution in [1.82, 2.24) is 19.9 Å². The molecule has 0 aliphatic heterocycles. The maximum absolute atomic E-state index is 12.2. The number of aryl methyl sites for hydroxylation is 5. The number of fused-ring (bicyclic) bond motifs is 1. The average Bonchev–Trinajstić information content (AvgIpc) is 3.16. The number of nitrogens with zero attached hydrogens (tertiary/aromatic N) is 3. The summed E-state index contributed by atoms with van der Waals surface area (Å²) in [6, 6.07) is 3.99. The zero-order valence-electron chi connectivity index (χ0n) is 14.7. The van der Waals surface area contributed by atoms with Gasteiger partial charge in [-0.3, -0.25) is 4.57 Å². The molecule has 0 amide bonds. The summed E-state index contributed by atoms with van der Waals surface area (Å²) in [7, 11) is 1.75. The van der Waals surface area contributed by atoms with Crippen molar-refractivity contribution in [2.75, 3.05) is 0 Å². The number of nitrogens with one attached hydrogen (secondary N) is 1. The smallest absolute Gasteiger partial charge is 0.326 e. The predicted octanol–water partition coefficient (Wildman–Crippen LogP) is 3.41. The number of hydrogen-bond donors (Lipinski definition) is 1. The standard InChI is InChI=1S/C18H18N4O3/c1-8-15(10(3)24-20-8)12-6-13(16-9(2)21-25-11(16)4)17-14(7-12)19-18(23)22(17)5/h6-7H,1-5H3,(H,19,23). The van der Waals surface area contributed by atoms with Gasteiger partial charge in [0.15, 0.2) is 0 Å². The molecule has 25 heavy (non-hydrogen) atoms. The summed E-state index contributed by atoms with van der Waals surface area (Å²) in [5.74, 6) is 1.45. The molecule has 0 radical (unpaired) electrons. The van der Waals surface area contributed by atoms with Crippen molar-refractivity contribution < 1.29 is 9.05 Å². The molecule has 0 fully saturated rings. The zero-order chi connectivity index (χ0) is 17.9. The van der Waals surface area contributed by atoms with Crippen LogP contribution in [0, 0.1) is 27.7 Å². The van der Waals surface area contributed by atoms with Crippen LogP contribution in [0.25, 0.3) is 33.3 Å². The van der Waals surface area contributed by atoms with Crippen molar-refractivity contribution in [3.05, 3.63) is 45.5 Å². The van der Waals surface area contributed by atoms with Crippen molar-refractivity contribution >= 4 is 11.0 Å². The first kappa shape index (κ1) is 15.4. The molecule has 0 aliphatic rings. The second-order valence-corrected chi connectivity index (χ2v) is 6.31. The number of aromatic nitrogens is 4. The van der Waals surface area contributed by atoms with Crippen LogP contribution < -0.4 is 5.69 Å². The van der Waals surface area contributed by atoms with Crippen LogP contribution in [0.3, 0.4) is 0 Å². The van der Waals surface area contributed by atoms with Crippen molar-refractivity contribution in [1.29, 1.82) is 0 Å². The minimum Gasteiger partial charge on any atom is -0.361 e. The van der Waals surface area contributed by atoms with E-state index in [1.165, 1.54) is 0 Å². The fourth-order valence-electron chi connectivity index (χ4n) is 3.49. The van der Waals surface area contributed by atoms with Gasteiger partial charge < -0.3 is 14.0 Å². The third-order valence-corrected chi connectivity index (χ3v) is 4.62. The highest BCUT2D eigenvalue weighted by molar-refractivity contribution is 5.97. The van der Waals surface area contributed by atoms with Gasteiger partial charge in [0.2, 0.25) is 0 Å². The predicted molar refractivity (Wildman–Crippen MR) is 93.5 cm³/mol. The third-order valence-electron chi connectivity index (χ3n) is 4.62. The Bertz CT molecular complexity index is 1130. The van der Waals surface area contributed by atoms with Crippen molar-refractivity contribution in [3.63, 3.8) is 0 Å². The lowest BCUT2D eigenvalue weighted by Gasteiger charge is -2.09. The maximum atomic E-state index is 12.2. The molecule has 0 spiro atoms. The molecule has 0 saturated carbocycles. The Labute approximate surface area is 143 Å². The lowest BCUT2D eigenvalue weighted by Crippen LogP contribution is -2.12. The molecule has 4 aromatic rings. The molecule has 1 aromatic carbocycles. The van der Waals surface area contributed by atoms with Gasteiger partial charge in [-0.05, 0) is 45.4 Å². The van der Waals surface area contributed by atoms with Gasteiger partial charge in [0.25, 0.3) is 0 Å². The van der Waals surface area contributed by atoms with Gasteiger partial charge in [-0.1, -0.05) is 10.3 Å². The van der Waals surface area contributed by atoms with Crippen LogP contribution in [0.1, 0.15) is 22.9 Å². The molecule has 7 heteroatoms. The first-order chi connectivity index (χ1) is 11.9. The normalized spacial score (nSPS) is 11.6. The highest BCUT2D eigenvalue weighted by Crippen LogP contribution is 2.37. The fourth-order valence-corrected chi connectivity index (χ4v) is 3.49. The van der Waals surface area contributed by atoms with Crippen LogP contribution in [0.4, 0.5) is 0 Å². The second kappa shape index (κ2) is 5.20. The summed E-state index contributed by atoms with van der Waals surface area (Å²) in [6.07, 6.45) is 0. The van der Waals surface area contributed by atoms with Gasteiger partial charge in [-0.25, -0.2) is 4.79 Å². The monoisotopic (exact) mass is 338 g/mol. The van der Waals surface area contributed by atoms with Crippen LogP contribution in [0.5, 0.6) is 0 Å². The number of rotatable bonds is 2.